The van der Waals surface area contributed by atoms with Crippen LogP contribution in [0.25, 0.3) is 10.8 Å². The molecular formula is C19H25NO. The first-order valence-corrected chi connectivity index (χ1v) is 7.48. The van der Waals surface area contributed by atoms with E-state index in [1.807, 2.05) is 0 Å². The summed E-state index contributed by atoms with van der Waals surface area (Å²) in [6, 6.07) is 15.1. The topological polar surface area (TPSA) is 29.1 Å². The smallest absolute Gasteiger partial charge is 0.217 e. The molecule has 0 heterocycles. The second-order valence-corrected chi connectivity index (χ2v) is 7.19. The number of amides is 1. The van der Waals surface area contributed by atoms with Crippen LogP contribution in [-0.4, -0.2) is 11.4 Å². The molecule has 2 heteroatoms. The zero-order valence-electron chi connectivity index (χ0n) is 13.7. The minimum atomic E-state index is -0.221. The van der Waals surface area contributed by atoms with Gasteiger partial charge in [0.25, 0.3) is 0 Å². The lowest BCUT2D eigenvalue weighted by atomic mass is 9.74. The Hall–Kier alpha value is -1.83. The molecule has 2 nitrogen and oxygen atoms in total. The van der Waals surface area contributed by atoms with Crippen LogP contribution in [0, 0.1) is 0 Å². The predicted molar refractivity (Wildman–Crippen MR) is 89.5 cm³/mol. The van der Waals surface area contributed by atoms with E-state index in [0.717, 1.165) is 6.42 Å². The third kappa shape index (κ3) is 3.84. The zero-order valence-corrected chi connectivity index (χ0v) is 13.7. The van der Waals surface area contributed by atoms with Crippen molar-refractivity contribution in [1.29, 1.82) is 0 Å². The highest BCUT2D eigenvalue weighted by atomic mass is 16.1. The van der Waals surface area contributed by atoms with Gasteiger partial charge in [0, 0.05) is 12.5 Å². The maximum absolute atomic E-state index is 11.3. The van der Waals surface area contributed by atoms with Crippen LogP contribution in [0.1, 0.15) is 46.6 Å². The van der Waals surface area contributed by atoms with Crippen LogP contribution >= 0.6 is 0 Å². The maximum Gasteiger partial charge on any atom is 0.217 e. The van der Waals surface area contributed by atoms with Crippen molar-refractivity contribution < 1.29 is 4.79 Å². The lowest BCUT2D eigenvalue weighted by Crippen LogP contribution is -2.46. The molecule has 0 aromatic heterocycles. The molecule has 0 aliphatic carbocycles. The Labute approximate surface area is 127 Å². The van der Waals surface area contributed by atoms with Gasteiger partial charge in [0.2, 0.25) is 5.91 Å². The summed E-state index contributed by atoms with van der Waals surface area (Å²) >= 11 is 0. The van der Waals surface area contributed by atoms with Gasteiger partial charge in [-0.05, 0) is 42.0 Å². The standard InChI is InChI=1S/C19H25NO/c1-14(21)20-19(4,5)13-18(2,3)17-11-10-15-8-6-7-9-16(15)12-17/h6-12H,13H2,1-5H3,(H,20,21). The molecule has 1 amide bonds. The molecule has 2 aromatic rings. The first-order chi connectivity index (χ1) is 9.70. The number of rotatable bonds is 4. The van der Waals surface area contributed by atoms with Gasteiger partial charge in [0.05, 0.1) is 0 Å². The van der Waals surface area contributed by atoms with Gasteiger partial charge in [-0.3, -0.25) is 4.79 Å². The molecule has 0 radical (unpaired) electrons. The van der Waals surface area contributed by atoms with Gasteiger partial charge in [-0.1, -0.05) is 56.3 Å². The summed E-state index contributed by atoms with van der Waals surface area (Å²) < 4.78 is 0. The van der Waals surface area contributed by atoms with Crippen LogP contribution in [0.2, 0.25) is 0 Å². The number of hydrogen-bond donors (Lipinski definition) is 1. The number of hydrogen-bond acceptors (Lipinski definition) is 1. The lowest BCUT2D eigenvalue weighted by molar-refractivity contribution is -0.120. The molecular weight excluding hydrogens is 258 g/mol. The maximum atomic E-state index is 11.3. The van der Waals surface area contributed by atoms with E-state index in [1.165, 1.54) is 16.3 Å². The molecule has 0 saturated heterocycles. The monoisotopic (exact) mass is 283 g/mol. The molecule has 0 aliphatic heterocycles. The molecule has 0 aliphatic rings. The molecule has 0 saturated carbocycles. The molecule has 21 heavy (non-hydrogen) atoms. The van der Waals surface area contributed by atoms with Crippen molar-refractivity contribution >= 4 is 16.7 Å². The van der Waals surface area contributed by atoms with Crippen molar-refractivity contribution in [2.45, 2.75) is 52.0 Å². The van der Waals surface area contributed by atoms with Gasteiger partial charge >= 0.3 is 0 Å². The molecule has 0 spiro atoms. The van der Waals surface area contributed by atoms with Gasteiger partial charge in [-0.25, -0.2) is 0 Å². The van der Waals surface area contributed by atoms with E-state index in [-0.39, 0.29) is 16.9 Å². The van der Waals surface area contributed by atoms with E-state index >= 15 is 0 Å². The average Bonchev–Trinajstić information content (AvgIpc) is 2.35. The van der Waals surface area contributed by atoms with Gasteiger partial charge in [-0.15, -0.1) is 0 Å². The van der Waals surface area contributed by atoms with Crippen molar-refractivity contribution in [3.63, 3.8) is 0 Å². The average molecular weight is 283 g/mol. The number of fused-ring (bicyclic) bond motifs is 1. The summed E-state index contributed by atoms with van der Waals surface area (Å²) in [6.45, 7) is 10.2. The van der Waals surface area contributed by atoms with Crippen molar-refractivity contribution in [2.75, 3.05) is 0 Å². The van der Waals surface area contributed by atoms with Crippen LogP contribution in [0.3, 0.4) is 0 Å². The zero-order chi connectivity index (χ0) is 15.7. The van der Waals surface area contributed by atoms with Crippen LogP contribution in [0.5, 0.6) is 0 Å². The lowest BCUT2D eigenvalue weighted by Gasteiger charge is -2.36. The first kappa shape index (κ1) is 15.6. The SMILES string of the molecule is CC(=O)NC(C)(C)CC(C)(C)c1ccc2ccccc2c1. The Morgan fingerprint density at radius 2 is 1.62 bits per heavy atom. The van der Waals surface area contributed by atoms with Crippen LogP contribution in [0.15, 0.2) is 42.5 Å². The third-order valence-corrected chi connectivity index (χ3v) is 3.93. The molecule has 2 aromatic carbocycles. The molecule has 2 rings (SSSR count). The van der Waals surface area contributed by atoms with Crippen molar-refractivity contribution in [2.24, 2.45) is 0 Å². The third-order valence-electron chi connectivity index (χ3n) is 3.93. The van der Waals surface area contributed by atoms with Crippen LogP contribution in [0.4, 0.5) is 0 Å². The van der Waals surface area contributed by atoms with E-state index in [4.69, 9.17) is 0 Å². The van der Waals surface area contributed by atoms with E-state index in [9.17, 15) is 4.79 Å². The largest absolute Gasteiger partial charge is 0.351 e. The summed E-state index contributed by atoms with van der Waals surface area (Å²) in [4.78, 5) is 11.3. The second kappa shape index (κ2) is 5.51. The Bertz CT molecular complexity index is 655. The molecule has 1 N–H and O–H groups in total. The van der Waals surface area contributed by atoms with Crippen molar-refractivity contribution in [3.8, 4) is 0 Å². The summed E-state index contributed by atoms with van der Waals surface area (Å²) in [5, 5.41) is 5.57. The minimum Gasteiger partial charge on any atom is -0.351 e. The molecule has 0 fully saturated rings. The normalized spacial score (nSPS) is 12.4. The summed E-state index contributed by atoms with van der Waals surface area (Å²) in [5.74, 6) is 0.0225. The van der Waals surface area contributed by atoms with Crippen molar-refractivity contribution in [1.82, 2.24) is 5.32 Å². The first-order valence-electron chi connectivity index (χ1n) is 7.48. The molecule has 112 valence electrons. The van der Waals surface area contributed by atoms with E-state index < -0.39 is 0 Å². The van der Waals surface area contributed by atoms with Gasteiger partial charge in [-0.2, -0.15) is 0 Å². The van der Waals surface area contributed by atoms with Gasteiger partial charge < -0.3 is 5.32 Å². The van der Waals surface area contributed by atoms with Gasteiger partial charge in [0.1, 0.15) is 0 Å². The summed E-state index contributed by atoms with van der Waals surface area (Å²) in [5.41, 5.74) is 1.08. The van der Waals surface area contributed by atoms with E-state index in [1.54, 1.807) is 6.92 Å². The summed E-state index contributed by atoms with van der Waals surface area (Å²) in [6.07, 6.45) is 0.887. The minimum absolute atomic E-state index is 0.00399. The Balaban J connectivity index is 2.30. The Kier molecular flexibility index (Phi) is 4.08. The Morgan fingerprint density at radius 1 is 1.00 bits per heavy atom. The summed E-state index contributed by atoms with van der Waals surface area (Å²) in [7, 11) is 0. The highest BCUT2D eigenvalue weighted by molar-refractivity contribution is 5.83. The number of nitrogens with one attached hydrogen (secondary N) is 1. The van der Waals surface area contributed by atoms with Crippen LogP contribution in [-0.2, 0) is 10.2 Å². The molecule has 0 atom stereocenters. The predicted octanol–water partition coefficient (Wildman–Crippen LogP) is 4.42. The van der Waals surface area contributed by atoms with E-state index in [2.05, 4.69) is 75.5 Å². The fraction of sp³-hybridized carbons (Fsp3) is 0.421. The fourth-order valence-corrected chi connectivity index (χ4v) is 3.34. The molecule has 0 bridgehead atoms. The quantitative estimate of drug-likeness (QED) is 0.884. The number of benzene rings is 2. The number of carbonyl (C=O) groups excluding carboxylic acids is 1. The van der Waals surface area contributed by atoms with Crippen molar-refractivity contribution in [3.05, 3.63) is 48.0 Å². The number of carbonyl (C=O) groups is 1. The highest BCUT2D eigenvalue weighted by Crippen LogP contribution is 2.33. The van der Waals surface area contributed by atoms with Gasteiger partial charge in [0.15, 0.2) is 0 Å². The second-order valence-electron chi connectivity index (χ2n) is 7.19. The fourth-order valence-electron chi connectivity index (χ4n) is 3.34. The Morgan fingerprint density at radius 3 is 2.24 bits per heavy atom. The highest BCUT2D eigenvalue weighted by Gasteiger charge is 2.30. The van der Waals surface area contributed by atoms with Crippen LogP contribution < -0.4 is 5.32 Å². The van der Waals surface area contributed by atoms with E-state index in [0.29, 0.717) is 0 Å². The molecule has 0 unspecified atom stereocenters.